The third kappa shape index (κ3) is 11.1. The van der Waals surface area contributed by atoms with Crippen molar-refractivity contribution in [3.8, 4) is 34.4 Å². The molecule has 0 unspecified atom stereocenters. The van der Waals surface area contributed by atoms with Crippen molar-refractivity contribution in [1.29, 1.82) is 5.26 Å². The second-order valence-electron chi connectivity index (χ2n) is 16.2. The molecule has 3 N–H and O–H groups in total. The molecule has 0 spiro atoms. The van der Waals surface area contributed by atoms with E-state index in [4.69, 9.17) is 30.5 Å². The summed E-state index contributed by atoms with van der Waals surface area (Å²) in [4.78, 5) is 19.5. The maximum absolute atomic E-state index is 13.0. The van der Waals surface area contributed by atoms with E-state index in [2.05, 4.69) is 52.5 Å². The molecule has 1 aliphatic heterocycles. The number of aliphatic hydroxyl groups excluding tert-OH is 2. The van der Waals surface area contributed by atoms with Gasteiger partial charge in [0.25, 0.3) is 0 Å². The Hall–Kier alpha value is -4.70. The number of fused-ring (bicyclic) bond motifs is 1. The molecule has 6 rings (SSSR count). The first-order valence-electron chi connectivity index (χ1n) is 20.1. The third-order valence-electron chi connectivity index (χ3n) is 10.6. The second kappa shape index (κ2) is 19.4. The van der Waals surface area contributed by atoms with Gasteiger partial charge in [0.2, 0.25) is 0 Å². The van der Waals surface area contributed by atoms with Crippen LogP contribution in [0.2, 0.25) is 5.02 Å². The second-order valence-corrected chi connectivity index (χ2v) is 16.6. The number of aliphatic hydroxyl groups is 2. The van der Waals surface area contributed by atoms with Crippen molar-refractivity contribution in [3.05, 3.63) is 105 Å². The molecule has 0 saturated carbocycles. The fourth-order valence-corrected chi connectivity index (χ4v) is 7.81. The van der Waals surface area contributed by atoms with E-state index in [1.807, 2.05) is 12.1 Å². The van der Waals surface area contributed by atoms with E-state index in [0.29, 0.717) is 39.8 Å². The first kappa shape index (κ1) is 42.9. The maximum atomic E-state index is 13.0. The van der Waals surface area contributed by atoms with Crippen LogP contribution in [0.5, 0.6) is 17.2 Å². The highest BCUT2D eigenvalue weighted by atomic mass is 35.5. The van der Waals surface area contributed by atoms with Gasteiger partial charge in [0.05, 0.1) is 29.4 Å². The average molecular weight is 811 g/mol. The van der Waals surface area contributed by atoms with E-state index in [0.717, 1.165) is 79.7 Å². The minimum Gasteiger partial charge on any atom is -0.493 e. The van der Waals surface area contributed by atoms with E-state index in [1.54, 1.807) is 45.2 Å². The zero-order chi connectivity index (χ0) is 41.4. The number of likely N-dealkylation sites (tertiary alicyclic amines) is 1. The number of rotatable bonds is 16. The monoisotopic (exact) mass is 810 g/mol. The number of halogens is 1. The highest BCUT2D eigenvalue weighted by Crippen LogP contribution is 2.44. The molecule has 308 valence electrons. The Balaban J connectivity index is 1.20. The van der Waals surface area contributed by atoms with E-state index >= 15 is 0 Å². The van der Waals surface area contributed by atoms with Crippen molar-refractivity contribution in [2.75, 3.05) is 26.2 Å². The number of hydrogen-bond acceptors (Lipinski definition) is 11. The molecule has 1 fully saturated rings. The summed E-state index contributed by atoms with van der Waals surface area (Å²) >= 11 is 6.94. The number of nitrogens with zero attached hydrogens (tertiary/aromatic N) is 3. The zero-order valence-electron chi connectivity index (χ0n) is 34.1. The van der Waals surface area contributed by atoms with Gasteiger partial charge in [-0.25, -0.2) is 0 Å². The molecule has 11 nitrogen and oxygen atoms in total. The highest BCUT2D eigenvalue weighted by Gasteiger charge is 2.31. The number of piperidine rings is 1. The number of aromatic nitrogens is 1. The molecule has 1 aliphatic carbocycles. The Bertz CT molecular complexity index is 2090. The highest BCUT2D eigenvalue weighted by molar-refractivity contribution is 6.32. The molecule has 0 radical (unpaired) electrons. The summed E-state index contributed by atoms with van der Waals surface area (Å²) in [5, 5.41) is 33.2. The molecule has 4 aromatic rings. The predicted molar refractivity (Wildman–Crippen MR) is 223 cm³/mol. The topological polar surface area (TPSA) is 146 Å². The number of esters is 1. The SMILES string of the molecule is Cc1c(OCCCN2CCC(O)CC2)cccc1-c1cccc2c1CC[C@@H]2Oc1cc(OCc2cncc(C#N)c2)c(CN[C@H](C(=O)OC(C)(C)C)[C@@H](C)O)cc1Cl. The molecular weight excluding hydrogens is 756 g/mol. The van der Waals surface area contributed by atoms with E-state index in [-0.39, 0.29) is 25.4 Å². The molecule has 1 saturated heterocycles. The molecule has 2 aliphatic rings. The molecule has 2 heterocycles. The Morgan fingerprint density at radius 2 is 1.79 bits per heavy atom. The van der Waals surface area contributed by atoms with Crippen LogP contribution in [0, 0.1) is 18.3 Å². The minimum atomic E-state index is -1.03. The van der Waals surface area contributed by atoms with Crippen LogP contribution in [0.1, 0.15) is 92.9 Å². The lowest BCUT2D eigenvalue weighted by atomic mass is 9.93. The first-order valence-corrected chi connectivity index (χ1v) is 20.5. The van der Waals surface area contributed by atoms with Crippen LogP contribution in [0.3, 0.4) is 0 Å². The Morgan fingerprint density at radius 3 is 2.53 bits per heavy atom. The first-order chi connectivity index (χ1) is 27.8. The van der Waals surface area contributed by atoms with Crippen molar-refractivity contribution in [2.24, 2.45) is 0 Å². The molecular formula is C46H55ClN4O7. The smallest absolute Gasteiger partial charge is 0.326 e. The molecule has 58 heavy (non-hydrogen) atoms. The number of ether oxygens (including phenoxy) is 4. The zero-order valence-corrected chi connectivity index (χ0v) is 34.8. The van der Waals surface area contributed by atoms with Crippen molar-refractivity contribution in [2.45, 2.75) is 110 Å². The molecule has 12 heteroatoms. The number of carbonyl (C=O) groups is 1. The normalized spacial score (nSPS) is 16.9. The van der Waals surface area contributed by atoms with Crippen LogP contribution < -0.4 is 19.5 Å². The number of benzene rings is 3. The van der Waals surface area contributed by atoms with Gasteiger partial charge in [-0.2, -0.15) is 5.26 Å². The van der Waals surface area contributed by atoms with Gasteiger partial charge in [-0.05, 0) is 113 Å². The van der Waals surface area contributed by atoms with Crippen molar-refractivity contribution in [3.63, 3.8) is 0 Å². The molecule has 0 bridgehead atoms. The lowest BCUT2D eigenvalue weighted by Gasteiger charge is -2.29. The Labute approximate surface area is 346 Å². The van der Waals surface area contributed by atoms with Crippen LogP contribution in [0.15, 0.2) is 67.0 Å². The van der Waals surface area contributed by atoms with Gasteiger partial charge in [-0.15, -0.1) is 0 Å². The Morgan fingerprint density at radius 1 is 1.03 bits per heavy atom. The Kier molecular flexibility index (Phi) is 14.3. The number of carbonyl (C=O) groups excluding carboxylic acids is 1. The summed E-state index contributed by atoms with van der Waals surface area (Å²) in [6.07, 6.45) is 5.84. The number of nitriles is 1. The van der Waals surface area contributed by atoms with Gasteiger partial charge in [0.1, 0.15) is 47.7 Å². The van der Waals surface area contributed by atoms with Crippen molar-refractivity contribution < 1.29 is 34.0 Å². The van der Waals surface area contributed by atoms with Gasteiger partial charge >= 0.3 is 5.97 Å². The quantitative estimate of drug-likeness (QED) is 0.0759. The largest absolute Gasteiger partial charge is 0.493 e. The molecule has 3 aromatic carbocycles. The van der Waals surface area contributed by atoms with Crippen molar-refractivity contribution in [1.82, 2.24) is 15.2 Å². The standard InChI is InChI=1S/C46H55ClN4O7/c1-29-35(9-7-12-40(29)55-20-8-17-51-18-15-34(53)16-19-51)36-10-6-11-38-37(36)13-14-41(38)57-43-23-42(56-28-32-21-31(24-48)25-49-26-32)33(22-39(43)47)27-50-44(30(2)52)45(54)58-46(3,4)5/h6-7,9-12,21-23,25-26,30,34,41,44,50,52-53H,8,13-20,27-28H2,1-5H3/t30-,41+,44+/m1/s1. The molecule has 0 amide bonds. The fraction of sp³-hybridized carbons (Fsp3) is 0.457. The average Bonchev–Trinajstić information content (AvgIpc) is 3.60. The summed E-state index contributed by atoms with van der Waals surface area (Å²) in [6.45, 7) is 12.7. The van der Waals surface area contributed by atoms with Crippen LogP contribution in [0.25, 0.3) is 11.1 Å². The van der Waals surface area contributed by atoms with Gasteiger partial charge < -0.3 is 34.1 Å². The van der Waals surface area contributed by atoms with Gasteiger partial charge in [0.15, 0.2) is 0 Å². The summed E-state index contributed by atoms with van der Waals surface area (Å²) in [6, 6.07) is 18.9. The third-order valence-corrected chi connectivity index (χ3v) is 10.9. The molecule has 3 atom stereocenters. The van der Waals surface area contributed by atoms with Crippen LogP contribution in [-0.4, -0.2) is 76.2 Å². The summed E-state index contributed by atoms with van der Waals surface area (Å²) in [7, 11) is 0. The number of pyridine rings is 1. The van der Waals surface area contributed by atoms with Gasteiger partial charge in [-0.3, -0.25) is 15.1 Å². The predicted octanol–water partition coefficient (Wildman–Crippen LogP) is 7.63. The van der Waals surface area contributed by atoms with E-state index in [1.165, 1.54) is 18.7 Å². The minimum absolute atomic E-state index is 0.115. The van der Waals surface area contributed by atoms with Crippen LogP contribution >= 0.6 is 11.6 Å². The summed E-state index contributed by atoms with van der Waals surface area (Å²) < 4.78 is 24.9. The number of nitrogens with one attached hydrogen (secondary N) is 1. The lowest BCUT2D eigenvalue weighted by molar-refractivity contribution is -0.160. The van der Waals surface area contributed by atoms with Crippen LogP contribution in [-0.2, 0) is 29.1 Å². The maximum Gasteiger partial charge on any atom is 0.326 e. The summed E-state index contributed by atoms with van der Waals surface area (Å²) in [5.41, 5.74) is 6.71. The summed E-state index contributed by atoms with van der Waals surface area (Å²) in [5.74, 6) is 1.20. The lowest BCUT2D eigenvalue weighted by Crippen LogP contribution is -2.47. The van der Waals surface area contributed by atoms with Crippen molar-refractivity contribution >= 4 is 17.6 Å². The van der Waals surface area contributed by atoms with E-state index in [9.17, 15) is 20.3 Å². The van der Waals surface area contributed by atoms with Gasteiger partial charge in [-0.1, -0.05) is 41.9 Å². The molecule has 1 aromatic heterocycles. The van der Waals surface area contributed by atoms with E-state index < -0.39 is 23.7 Å². The fourth-order valence-electron chi connectivity index (χ4n) is 7.58. The van der Waals surface area contributed by atoms with Gasteiger partial charge in [0, 0.05) is 55.8 Å². The number of hydrogen-bond donors (Lipinski definition) is 3. The van der Waals surface area contributed by atoms with Crippen LogP contribution in [0.4, 0.5) is 0 Å².